The van der Waals surface area contributed by atoms with Crippen molar-refractivity contribution in [3.63, 3.8) is 0 Å². The van der Waals surface area contributed by atoms with Crippen molar-refractivity contribution in [2.24, 2.45) is 0 Å². The van der Waals surface area contributed by atoms with Crippen molar-refractivity contribution in [3.8, 4) is 55.8 Å². The summed E-state index contributed by atoms with van der Waals surface area (Å²) < 4.78 is 0. The van der Waals surface area contributed by atoms with Crippen LogP contribution in [0.25, 0.3) is 66.5 Å². The van der Waals surface area contributed by atoms with Crippen molar-refractivity contribution < 1.29 is 0 Å². The first-order valence-electron chi connectivity index (χ1n) is 14.0. The molecule has 0 aliphatic heterocycles. The summed E-state index contributed by atoms with van der Waals surface area (Å²) in [5, 5.41) is 2.43. The number of pyridine rings is 1. The molecule has 0 unspecified atom stereocenters. The summed E-state index contributed by atoms with van der Waals surface area (Å²) in [4.78, 5) is 4.85. The van der Waals surface area contributed by atoms with Crippen LogP contribution in [-0.2, 0) is 0 Å². The fourth-order valence-electron chi connectivity index (χ4n) is 5.68. The number of hydrogen-bond acceptors (Lipinski definition) is 1. The standard InChI is InChI=1S/C40H29N/c1-28-27-41-40(39-21-9-8-20-38(28)39)34-19-11-17-32(23-34)31-16-10-18-33(22-31)37-25-35(29-12-4-2-5-13-29)24-36(26-37)30-14-6-3-7-15-30/h2-27H,1H3. The molecule has 0 aliphatic carbocycles. The van der Waals surface area contributed by atoms with E-state index in [1.165, 1.54) is 60.8 Å². The van der Waals surface area contributed by atoms with Gasteiger partial charge >= 0.3 is 0 Å². The van der Waals surface area contributed by atoms with Gasteiger partial charge in [0.1, 0.15) is 0 Å². The topological polar surface area (TPSA) is 12.9 Å². The fraction of sp³-hybridized carbons (Fsp3) is 0.0250. The Balaban J connectivity index is 1.32. The van der Waals surface area contributed by atoms with E-state index in [0.29, 0.717) is 0 Å². The lowest BCUT2D eigenvalue weighted by atomic mass is 9.92. The van der Waals surface area contributed by atoms with E-state index in [2.05, 4.69) is 159 Å². The Labute approximate surface area is 241 Å². The summed E-state index contributed by atoms with van der Waals surface area (Å²) in [5.41, 5.74) is 13.0. The van der Waals surface area contributed by atoms with Gasteiger partial charge in [-0.15, -0.1) is 0 Å². The molecule has 41 heavy (non-hydrogen) atoms. The van der Waals surface area contributed by atoms with Gasteiger partial charge in [0.05, 0.1) is 5.69 Å². The lowest BCUT2D eigenvalue weighted by Gasteiger charge is -2.13. The molecule has 0 saturated heterocycles. The molecule has 7 aromatic rings. The molecule has 0 aliphatic rings. The molecule has 1 nitrogen and oxygen atoms in total. The van der Waals surface area contributed by atoms with Gasteiger partial charge < -0.3 is 0 Å². The van der Waals surface area contributed by atoms with Crippen LogP contribution in [0.5, 0.6) is 0 Å². The summed E-state index contributed by atoms with van der Waals surface area (Å²) >= 11 is 0. The normalized spacial score (nSPS) is 11.0. The van der Waals surface area contributed by atoms with Crippen molar-refractivity contribution in [1.29, 1.82) is 0 Å². The molecule has 0 saturated carbocycles. The molecule has 0 N–H and O–H groups in total. The van der Waals surface area contributed by atoms with Gasteiger partial charge in [-0.05, 0) is 92.7 Å². The van der Waals surface area contributed by atoms with Crippen molar-refractivity contribution in [1.82, 2.24) is 4.98 Å². The highest BCUT2D eigenvalue weighted by Gasteiger charge is 2.11. The SMILES string of the molecule is Cc1cnc(-c2cccc(-c3cccc(-c4cc(-c5ccccc5)cc(-c5ccccc5)c4)c3)c2)c2ccccc12. The van der Waals surface area contributed by atoms with Crippen LogP contribution in [0.2, 0.25) is 0 Å². The minimum Gasteiger partial charge on any atom is -0.255 e. The Morgan fingerprint density at radius 2 is 0.732 bits per heavy atom. The van der Waals surface area contributed by atoms with E-state index in [1.54, 1.807) is 0 Å². The summed E-state index contributed by atoms with van der Waals surface area (Å²) in [5.74, 6) is 0. The molecule has 0 spiro atoms. The van der Waals surface area contributed by atoms with Gasteiger partial charge in [0.25, 0.3) is 0 Å². The molecule has 0 fully saturated rings. The summed E-state index contributed by atoms with van der Waals surface area (Å²) in [6, 6.07) is 54.3. The molecule has 0 atom stereocenters. The summed E-state index contributed by atoms with van der Waals surface area (Å²) in [6.45, 7) is 2.12. The first-order valence-corrected chi connectivity index (χ1v) is 14.0. The maximum absolute atomic E-state index is 4.85. The number of fused-ring (bicyclic) bond motifs is 1. The van der Waals surface area contributed by atoms with Crippen LogP contribution in [0.3, 0.4) is 0 Å². The molecular formula is C40H29N. The van der Waals surface area contributed by atoms with Gasteiger partial charge in [0.15, 0.2) is 0 Å². The third-order valence-corrected chi connectivity index (χ3v) is 7.81. The van der Waals surface area contributed by atoms with Crippen molar-refractivity contribution >= 4 is 10.8 Å². The van der Waals surface area contributed by atoms with Crippen molar-refractivity contribution in [2.75, 3.05) is 0 Å². The number of aromatic nitrogens is 1. The highest BCUT2D eigenvalue weighted by Crippen LogP contribution is 2.36. The van der Waals surface area contributed by atoms with Gasteiger partial charge in [-0.3, -0.25) is 4.98 Å². The predicted octanol–water partition coefficient (Wildman–Crippen LogP) is 10.9. The smallest absolute Gasteiger partial charge is 0.0780 e. The van der Waals surface area contributed by atoms with Crippen LogP contribution in [0.4, 0.5) is 0 Å². The van der Waals surface area contributed by atoms with Gasteiger partial charge in [0, 0.05) is 17.1 Å². The number of benzene rings is 6. The lowest BCUT2D eigenvalue weighted by Crippen LogP contribution is -1.90. The molecule has 1 heterocycles. The highest BCUT2D eigenvalue weighted by molar-refractivity contribution is 5.97. The van der Waals surface area contributed by atoms with E-state index in [4.69, 9.17) is 4.98 Å². The third kappa shape index (κ3) is 4.95. The van der Waals surface area contributed by atoms with Gasteiger partial charge in [0.2, 0.25) is 0 Å². The second kappa shape index (κ2) is 10.7. The van der Waals surface area contributed by atoms with Gasteiger partial charge in [-0.2, -0.15) is 0 Å². The summed E-state index contributed by atoms with van der Waals surface area (Å²) in [7, 11) is 0. The van der Waals surface area contributed by atoms with Gasteiger partial charge in [-0.1, -0.05) is 121 Å². The van der Waals surface area contributed by atoms with Crippen LogP contribution in [0.1, 0.15) is 5.56 Å². The number of rotatable bonds is 5. The highest BCUT2D eigenvalue weighted by atomic mass is 14.7. The zero-order valence-electron chi connectivity index (χ0n) is 23.0. The van der Waals surface area contributed by atoms with E-state index in [1.807, 2.05) is 6.20 Å². The first-order chi connectivity index (χ1) is 20.2. The van der Waals surface area contributed by atoms with E-state index in [-0.39, 0.29) is 0 Å². The van der Waals surface area contributed by atoms with E-state index >= 15 is 0 Å². The molecule has 6 aromatic carbocycles. The molecule has 0 amide bonds. The Kier molecular flexibility index (Phi) is 6.47. The van der Waals surface area contributed by atoms with Crippen LogP contribution in [-0.4, -0.2) is 4.98 Å². The Hall–Kier alpha value is -5.27. The minimum absolute atomic E-state index is 1.02. The van der Waals surface area contributed by atoms with Crippen LogP contribution in [0.15, 0.2) is 158 Å². The quantitative estimate of drug-likeness (QED) is 0.219. The molecule has 1 heteroatoms. The van der Waals surface area contributed by atoms with E-state index in [0.717, 1.165) is 11.3 Å². The lowest BCUT2D eigenvalue weighted by molar-refractivity contribution is 1.31. The van der Waals surface area contributed by atoms with E-state index < -0.39 is 0 Å². The van der Waals surface area contributed by atoms with Crippen molar-refractivity contribution in [3.05, 3.63) is 163 Å². The second-order valence-electron chi connectivity index (χ2n) is 10.5. The summed E-state index contributed by atoms with van der Waals surface area (Å²) in [6.07, 6.45) is 1.98. The van der Waals surface area contributed by atoms with Crippen LogP contribution in [0, 0.1) is 6.92 Å². The van der Waals surface area contributed by atoms with Crippen LogP contribution < -0.4 is 0 Å². The predicted molar refractivity (Wildman–Crippen MR) is 174 cm³/mol. The van der Waals surface area contributed by atoms with Gasteiger partial charge in [-0.25, -0.2) is 0 Å². The number of hydrogen-bond donors (Lipinski definition) is 0. The number of aryl methyl sites for hydroxylation is 1. The Bertz CT molecular complexity index is 1930. The molecule has 194 valence electrons. The fourth-order valence-corrected chi connectivity index (χ4v) is 5.68. The van der Waals surface area contributed by atoms with Crippen LogP contribution >= 0.6 is 0 Å². The monoisotopic (exact) mass is 523 g/mol. The molecular weight excluding hydrogens is 494 g/mol. The number of nitrogens with zero attached hydrogens (tertiary/aromatic N) is 1. The van der Waals surface area contributed by atoms with Crippen molar-refractivity contribution in [2.45, 2.75) is 6.92 Å². The average Bonchev–Trinajstić information content (AvgIpc) is 3.06. The Morgan fingerprint density at radius 3 is 1.32 bits per heavy atom. The molecule has 1 aromatic heterocycles. The Morgan fingerprint density at radius 1 is 0.341 bits per heavy atom. The minimum atomic E-state index is 1.02. The second-order valence-corrected chi connectivity index (χ2v) is 10.5. The molecule has 0 bridgehead atoms. The third-order valence-electron chi connectivity index (χ3n) is 7.81. The maximum atomic E-state index is 4.85. The van der Waals surface area contributed by atoms with E-state index in [9.17, 15) is 0 Å². The first kappa shape index (κ1) is 24.7. The zero-order chi connectivity index (χ0) is 27.6. The largest absolute Gasteiger partial charge is 0.255 e. The average molecular weight is 524 g/mol. The molecule has 0 radical (unpaired) electrons. The molecule has 7 rings (SSSR count). The maximum Gasteiger partial charge on any atom is 0.0780 e. The zero-order valence-corrected chi connectivity index (χ0v) is 23.0.